The molecule has 1 amide bonds. The lowest BCUT2D eigenvalue weighted by atomic mass is 10.3. The van der Waals surface area contributed by atoms with Gasteiger partial charge in [-0.25, -0.2) is 17.2 Å². The van der Waals surface area contributed by atoms with Gasteiger partial charge in [-0.3, -0.25) is 4.79 Å². The molecule has 122 valence electrons. The van der Waals surface area contributed by atoms with Crippen molar-refractivity contribution in [2.24, 2.45) is 0 Å². The van der Waals surface area contributed by atoms with Gasteiger partial charge in [-0.05, 0) is 30.3 Å². The number of sulfone groups is 1. The largest absolute Gasteiger partial charge is 0.374 e. The maximum absolute atomic E-state index is 13.4. The van der Waals surface area contributed by atoms with Crippen LogP contribution < -0.4 is 10.6 Å². The van der Waals surface area contributed by atoms with Crippen molar-refractivity contribution in [3.63, 3.8) is 0 Å². The molecule has 0 heterocycles. The van der Waals surface area contributed by atoms with Crippen LogP contribution in [0.3, 0.4) is 0 Å². The molecule has 0 atom stereocenters. The van der Waals surface area contributed by atoms with Crippen molar-refractivity contribution in [2.45, 2.75) is 4.90 Å². The number of hydrogen-bond acceptors (Lipinski definition) is 4. The molecule has 0 bridgehead atoms. The average Bonchev–Trinajstić information content (AvgIpc) is 2.47. The zero-order chi connectivity index (χ0) is 17.0. The molecule has 0 aromatic heterocycles. The summed E-state index contributed by atoms with van der Waals surface area (Å²) >= 11 is 0. The summed E-state index contributed by atoms with van der Waals surface area (Å²) in [6.07, 6.45) is 1.03. The van der Waals surface area contributed by atoms with Gasteiger partial charge in [-0.2, -0.15) is 0 Å². The molecule has 0 saturated carbocycles. The van der Waals surface area contributed by atoms with Crippen LogP contribution in [0.4, 0.5) is 20.2 Å². The highest BCUT2D eigenvalue weighted by Crippen LogP contribution is 2.20. The molecule has 5 nitrogen and oxygen atoms in total. The van der Waals surface area contributed by atoms with E-state index in [2.05, 4.69) is 10.6 Å². The van der Waals surface area contributed by atoms with Gasteiger partial charge in [0.1, 0.15) is 11.6 Å². The lowest BCUT2D eigenvalue weighted by molar-refractivity contribution is -0.114. The van der Waals surface area contributed by atoms with Gasteiger partial charge in [-0.1, -0.05) is 12.1 Å². The van der Waals surface area contributed by atoms with E-state index >= 15 is 0 Å². The van der Waals surface area contributed by atoms with Gasteiger partial charge in [0.05, 0.1) is 22.8 Å². The maximum Gasteiger partial charge on any atom is 0.243 e. The molecule has 23 heavy (non-hydrogen) atoms. The minimum absolute atomic E-state index is 0.0229. The van der Waals surface area contributed by atoms with Crippen LogP contribution >= 0.6 is 0 Å². The van der Waals surface area contributed by atoms with Gasteiger partial charge >= 0.3 is 0 Å². The molecule has 0 fully saturated rings. The van der Waals surface area contributed by atoms with E-state index in [1.807, 2.05) is 0 Å². The molecule has 2 aromatic carbocycles. The molecule has 2 N–H and O–H groups in total. The summed E-state index contributed by atoms with van der Waals surface area (Å²) in [4.78, 5) is 11.9. The van der Waals surface area contributed by atoms with Crippen molar-refractivity contribution in [3.05, 3.63) is 54.1 Å². The van der Waals surface area contributed by atoms with E-state index in [1.54, 1.807) is 6.07 Å². The van der Waals surface area contributed by atoms with Crippen molar-refractivity contribution in [1.29, 1.82) is 0 Å². The van der Waals surface area contributed by atoms with Gasteiger partial charge < -0.3 is 10.6 Å². The molecule has 0 aliphatic rings. The first-order valence-corrected chi connectivity index (χ1v) is 8.44. The first kappa shape index (κ1) is 16.9. The second-order valence-corrected chi connectivity index (χ2v) is 6.78. The van der Waals surface area contributed by atoms with E-state index in [4.69, 9.17) is 0 Å². The van der Waals surface area contributed by atoms with E-state index in [-0.39, 0.29) is 22.8 Å². The van der Waals surface area contributed by atoms with Crippen LogP contribution in [-0.2, 0) is 14.6 Å². The average molecular weight is 340 g/mol. The minimum atomic E-state index is -3.50. The number of carbonyl (C=O) groups excluding carboxylic acids is 1. The number of halogens is 2. The fourth-order valence-corrected chi connectivity index (χ4v) is 2.74. The predicted octanol–water partition coefficient (Wildman–Crippen LogP) is 2.42. The third-order valence-electron chi connectivity index (χ3n) is 2.93. The number of carbonyl (C=O) groups is 1. The molecule has 0 saturated heterocycles. The van der Waals surface area contributed by atoms with Crippen LogP contribution in [0.2, 0.25) is 0 Å². The fraction of sp³-hybridized carbons (Fsp3) is 0.133. The number of rotatable bonds is 5. The minimum Gasteiger partial charge on any atom is -0.374 e. The fourth-order valence-electron chi connectivity index (χ4n) is 1.90. The second kappa shape index (κ2) is 6.74. The molecule has 0 aliphatic heterocycles. The quantitative estimate of drug-likeness (QED) is 0.876. The highest BCUT2D eigenvalue weighted by Gasteiger charge is 2.14. The number of para-hydroxylation sites is 1. The van der Waals surface area contributed by atoms with E-state index in [1.165, 1.54) is 18.2 Å². The smallest absolute Gasteiger partial charge is 0.243 e. The van der Waals surface area contributed by atoms with Crippen LogP contribution in [-0.4, -0.2) is 27.1 Å². The van der Waals surface area contributed by atoms with Crippen molar-refractivity contribution < 1.29 is 22.0 Å². The number of benzene rings is 2. The Morgan fingerprint density at radius 3 is 2.48 bits per heavy atom. The molecule has 0 spiro atoms. The SMILES string of the molecule is CS(=O)(=O)c1ccccc1NC(=O)CNc1cc(F)ccc1F. The van der Waals surface area contributed by atoms with Crippen molar-refractivity contribution in [2.75, 3.05) is 23.4 Å². The Labute approximate surface area is 132 Å². The Balaban J connectivity index is 2.08. The van der Waals surface area contributed by atoms with Gasteiger partial charge in [0.25, 0.3) is 0 Å². The summed E-state index contributed by atoms with van der Waals surface area (Å²) in [7, 11) is -3.50. The molecule has 8 heteroatoms. The molecular formula is C15H14F2N2O3S. The summed E-state index contributed by atoms with van der Waals surface area (Å²) in [5.74, 6) is -1.93. The van der Waals surface area contributed by atoms with Crippen LogP contribution in [0.25, 0.3) is 0 Å². The van der Waals surface area contributed by atoms with Crippen LogP contribution in [0.1, 0.15) is 0 Å². The van der Waals surface area contributed by atoms with Gasteiger partial charge in [0.2, 0.25) is 5.91 Å². The van der Waals surface area contributed by atoms with Crippen molar-refractivity contribution >= 4 is 27.1 Å². The summed E-state index contributed by atoms with van der Waals surface area (Å²) in [5, 5.41) is 4.88. The third kappa shape index (κ3) is 4.49. The third-order valence-corrected chi connectivity index (χ3v) is 4.08. The number of hydrogen-bond donors (Lipinski definition) is 2. The Hall–Kier alpha value is -2.48. The van der Waals surface area contributed by atoms with Crippen LogP contribution in [0, 0.1) is 11.6 Å². The van der Waals surface area contributed by atoms with Gasteiger partial charge in [-0.15, -0.1) is 0 Å². The predicted molar refractivity (Wildman–Crippen MR) is 83.0 cm³/mol. The normalized spacial score (nSPS) is 11.1. The van der Waals surface area contributed by atoms with E-state index in [9.17, 15) is 22.0 Å². The zero-order valence-corrected chi connectivity index (χ0v) is 13.0. The van der Waals surface area contributed by atoms with E-state index in [0.29, 0.717) is 0 Å². The lowest BCUT2D eigenvalue weighted by Crippen LogP contribution is -2.23. The Morgan fingerprint density at radius 2 is 1.78 bits per heavy atom. The summed E-state index contributed by atoms with van der Waals surface area (Å²) < 4.78 is 49.7. The van der Waals surface area contributed by atoms with Crippen LogP contribution in [0.5, 0.6) is 0 Å². The van der Waals surface area contributed by atoms with Crippen molar-refractivity contribution in [3.8, 4) is 0 Å². The zero-order valence-electron chi connectivity index (χ0n) is 12.1. The Kier molecular flexibility index (Phi) is 4.95. The van der Waals surface area contributed by atoms with E-state index in [0.717, 1.165) is 24.5 Å². The molecule has 0 unspecified atom stereocenters. The van der Waals surface area contributed by atoms with Gasteiger partial charge in [0.15, 0.2) is 9.84 Å². The maximum atomic E-state index is 13.4. The number of nitrogens with one attached hydrogen (secondary N) is 2. The van der Waals surface area contributed by atoms with Gasteiger partial charge in [0, 0.05) is 6.26 Å². The Morgan fingerprint density at radius 1 is 1.09 bits per heavy atom. The standard InChI is InChI=1S/C15H14F2N2O3S/c1-23(21,22)14-5-3-2-4-12(14)19-15(20)9-18-13-8-10(16)6-7-11(13)17/h2-8,18H,9H2,1H3,(H,19,20). The first-order valence-electron chi connectivity index (χ1n) is 6.55. The Bertz CT molecular complexity index is 838. The molecular weight excluding hydrogens is 326 g/mol. The van der Waals surface area contributed by atoms with Crippen molar-refractivity contribution in [1.82, 2.24) is 0 Å². The highest BCUT2D eigenvalue weighted by molar-refractivity contribution is 7.90. The highest BCUT2D eigenvalue weighted by atomic mass is 32.2. The van der Waals surface area contributed by atoms with Crippen LogP contribution in [0.15, 0.2) is 47.4 Å². The monoisotopic (exact) mass is 340 g/mol. The molecule has 0 aliphatic carbocycles. The summed E-state index contributed by atoms with van der Waals surface area (Å²) in [5.41, 5.74) is -0.0296. The summed E-state index contributed by atoms with van der Waals surface area (Å²) in [6, 6.07) is 8.74. The first-order chi connectivity index (χ1) is 10.8. The number of anilines is 2. The van der Waals surface area contributed by atoms with E-state index < -0.39 is 27.4 Å². The second-order valence-electron chi connectivity index (χ2n) is 4.79. The lowest BCUT2D eigenvalue weighted by Gasteiger charge is -2.11. The molecule has 2 aromatic rings. The number of amides is 1. The topological polar surface area (TPSA) is 75.3 Å². The molecule has 2 rings (SSSR count). The molecule has 0 radical (unpaired) electrons. The summed E-state index contributed by atoms with van der Waals surface area (Å²) in [6.45, 7) is -0.349.